The Morgan fingerprint density at radius 2 is 1.89 bits per heavy atom. The van der Waals surface area contributed by atoms with Gasteiger partial charge in [0.05, 0.1) is 0 Å². The molecule has 1 aromatic heterocycles. The first-order valence-electron chi connectivity index (χ1n) is 5.75. The second-order valence-corrected chi connectivity index (χ2v) is 4.45. The molecule has 3 nitrogen and oxygen atoms in total. The molecule has 0 spiro atoms. The highest BCUT2D eigenvalue weighted by atomic mass is 19.4. The van der Waals surface area contributed by atoms with Crippen molar-refractivity contribution in [2.75, 3.05) is 5.32 Å². The van der Waals surface area contributed by atoms with Crippen molar-refractivity contribution in [1.82, 2.24) is 9.97 Å². The molecular weight excluding hydrogens is 262 g/mol. The van der Waals surface area contributed by atoms with Crippen LogP contribution >= 0.6 is 0 Å². The molecule has 1 saturated carbocycles. The Labute approximate surface area is 105 Å². The van der Waals surface area contributed by atoms with E-state index in [1.807, 2.05) is 0 Å². The number of aromatic nitrogens is 2. The number of nitrogens with one attached hydrogen (secondary N) is 1. The van der Waals surface area contributed by atoms with Crippen molar-refractivity contribution >= 4 is 16.7 Å². The smallest absolute Gasteiger partial charge is 0.367 e. The lowest BCUT2D eigenvalue weighted by molar-refractivity contribution is -0.144. The highest BCUT2D eigenvalue weighted by Crippen LogP contribution is 2.33. The Balaban J connectivity index is 2.22. The molecular formula is C12H9F4N3. The fourth-order valence-corrected chi connectivity index (χ4v) is 1.77. The summed E-state index contributed by atoms with van der Waals surface area (Å²) >= 11 is 0. The molecule has 0 radical (unpaired) electrons. The Morgan fingerprint density at radius 1 is 1.16 bits per heavy atom. The number of rotatable bonds is 2. The second kappa shape index (κ2) is 4.04. The summed E-state index contributed by atoms with van der Waals surface area (Å²) in [7, 11) is 0. The fraction of sp³-hybridized carbons (Fsp3) is 0.333. The number of alkyl halides is 3. The van der Waals surface area contributed by atoms with E-state index >= 15 is 0 Å². The highest BCUT2D eigenvalue weighted by Gasteiger charge is 2.36. The molecule has 0 bridgehead atoms. The zero-order valence-corrected chi connectivity index (χ0v) is 9.63. The molecule has 7 heteroatoms. The fourth-order valence-electron chi connectivity index (χ4n) is 1.77. The van der Waals surface area contributed by atoms with E-state index in [0.717, 1.165) is 18.9 Å². The predicted octanol–water partition coefficient (Wildman–Crippen LogP) is 3.36. The predicted molar refractivity (Wildman–Crippen MR) is 61.1 cm³/mol. The van der Waals surface area contributed by atoms with E-state index in [4.69, 9.17) is 0 Å². The van der Waals surface area contributed by atoms with Crippen molar-refractivity contribution in [2.45, 2.75) is 25.1 Å². The number of para-hydroxylation sites is 1. The summed E-state index contributed by atoms with van der Waals surface area (Å²) in [4.78, 5) is 6.76. The lowest BCUT2D eigenvalue weighted by atomic mass is 10.2. The minimum atomic E-state index is -4.70. The molecule has 1 heterocycles. The van der Waals surface area contributed by atoms with E-state index in [0.29, 0.717) is 0 Å². The maximum Gasteiger partial charge on any atom is 0.451 e. The van der Waals surface area contributed by atoms with Crippen molar-refractivity contribution < 1.29 is 17.6 Å². The number of hydrogen-bond acceptors (Lipinski definition) is 3. The van der Waals surface area contributed by atoms with Crippen LogP contribution in [0.5, 0.6) is 0 Å². The van der Waals surface area contributed by atoms with Crippen LogP contribution in [0.3, 0.4) is 0 Å². The van der Waals surface area contributed by atoms with E-state index in [9.17, 15) is 17.6 Å². The largest absolute Gasteiger partial charge is 0.451 e. The number of anilines is 1. The Bertz CT molecular complexity index is 635. The van der Waals surface area contributed by atoms with E-state index < -0.39 is 17.8 Å². The number of halogens is 4. The van der Waals surface area contributed by atoms with Crippen LogP contribution in [0.4, 0.5) is 23.4 Å². The van der Waals surface area contributed by atoms with Crippen LogP contribution in [0.1, 0.15) is 18.7 Å². The third-order valence-electron chi connectivity index (χ3n) is 2.85. The molecule has 2 aromatic rings. The van der Waals surface area contributed by atoms with Crippen molar-refractivity contribution in [3.05, 3.63) is 29.8 Å². The average molecular weight is 271 g/mol. The number of nitrogens with zero attached hydrogens (tertiary/aromatic N) is 2. The summed E-state index contributed by atoms with van der Waals surface area (Å²) in [5, 5.41) is 3.14. The third kappa shape index (κ3) is 2.32. The van der Waals surface area contributed by atoms with Gasteiger partial charge in [0.1, 0.15) is 17.2 Å². The van der Waals surface area contributed by atoms with Crippen LogP contribution in [0.2, 0.25) is 0 Å². The van der Waals surface area contributed by atoms with E-state index in [1.54, 1.807) is 0 Å². The van der Waals surface area contributed by atoms with Gasteiger partial charge in [-0.1, -0.05) is 6.07 Å². The maximum atomic E-state index is 13.6. The van der Waals surface area contributed by atoms with Gasteiger partial charge in [-0.25, -0.2) is 14.4 Å². The van der Waals surface area contributed by atoms with E-state index in [-0.39, 0.29) is 22.8 Å². The van der Waals surface area contributed by atoms with Gasteiger partial charge in [0.15, 0.2) is 0 Å². The minimum Gasteiger partial charge on any atom is -0.367 e. The summed E-state index contributed by atoms with van der Waals surface area (Å²) in [6.45, 7) is 0. The van der Waals surface area contributed by atoms with Gasteiger partial charge in [-0.2, -0.15) is 13.2 Å². The van der Waals surface area contributed by atoms with Crippen LogP contribution in [-0.4, -0.2) is 16.0 Å². The van der Waals surface area contributed by atoms with Crippen molar-refractivity contribution in [2.24, 2.45) is 0 Å². The molecule has 1 fully saturated rings. The zero-order chi connectivity index (χ0) is 13.6. The maximum absolute atomic E-state index is 13.6. The molecule has 19 heavy (non-hydrogen) atoms. The molecule has 1 aromatic carbocycles. The highest BCUT2D eigenvalue weighted by molar-refractivity contribution is 5.89. The van der Waals surface area contributed by atoms with Crippen LogP contribution in [-0.2, 0) is 6.18 Å². The summed E-state index contributed by atoms with van der Waals surface area (Å²) in [6.07, 6.45) is -2.94. The molecule has 0 unspecified atom stereocenters. The number of fused-ring (bicyclic) bond motifs is 1. The van der Waals surface area contributed by atoms with Gasteiger partial charge in [0.2, 0.25) is 5.82 Å². The molecule has 3 rings (SSSR count). The van der Waals surface area contributed by atoms with Crippen LogP contribution < -0.4 is 5.32 Å². The standard InChI is InChI=1S/C12H9F4N3/c13-8-3-1-2-7-9(8)18-11(12(14,15)16)19-10(7)17-6-4-5-6/h1-3,6H,4-5H2,(H,17,18,19). The monoisotopic (exact) mass is 271 g/mol. The number of benzene rings is 1. The first kappa shape index (κ1) is 12.1. The molecule has 0 saturated heterocycles. The van der Waals surface area contributed by atoms with Gasteiger partial charge < -0.3 is 5.32 Å². The van der Waals surface area contributed by atoms with Gasteiger partial charge in [-0.05, 0) is 25.0 Å². The number of hydrogen-bond donors (Lipinski definition) is 1. The van der Waals surface area contributed by atoms with Crippen LogP contribution in [0.25, 0.3) is 10.9 Å². The van der Waals surface area contributed by atoms with Crippen molar-refractivity contribution in [3.63, 3.8) is 0 Å². The second-order valence-electron chi connectivity index (χ2n) is 4.45. The van der Waals surface area contributed by atoms with Gasteiger partial charge in [0, 0.05) is 11.4 Å². The quantitative estimate of drug-likeness (QED) is 0.851. The zero-order valence-electron chi connectivity index (χ0n) is 9.63. The van der Waals surface area contributed by atoms with Crippen molar-refractivity contribution in [1.29, 1.82) is 0 Å². The Hall–Kier alpha value is -1.92. The molecule has 1 N–H and O–H groups in total. The van der Waals surface area contributed by atoms with Gasteiger partial charge in [-0.15, -0.1) is 0 Å². The molecule has 0 atom stereocenters. The summed E-state index contributed by atoms with van der Waals surface area (Å²) < 4.78 is 51.7. The first-order chi connectivity index (χ1) is 8.95. The normalized spacial score (nSPS) is 15.8. The van der Waals surface area contributed by atoms with E-state index in [2.05, 4.69) is 15.3 Å². The van der Waals surface area contributed by atoms with Gasteiger partial charge in [-0.3, -0.25) is 0 Å². The Morgan fingerprint density at radius 3 is 2.53 bits per heavy atom. The van der Waals surface area contributed by atoms with Gasteiger partial charge in [0.25, 0.3) is 0 Å². The summed E-state index contributed by atoms with van der Waals surface area (Å²) in [5.74, 6) is -2.07. The Kier molecular flexibility index (Phi) is 2.58. The topological polar surface area (TPSA) is 37.8 Å². The first-order valence-corrected chi connectivity index (χ1v) is 5.75. The van der Waals surface area contributed by atoms with Crippen molar-refractivity contribution in [3.8, 4) is 0 Å². The molecule has 100 valence electrons. The van der Waals surface area contributed by atoms with E-state index in [1.165, 1.54) is 12.1 Å². The summed E-state index contributed by atoms with van der Waals surface area (Å²) in [5.41, 5.74) is -0.312. The average Bonchev–Trinajstić information content (AvgIpc) is 3.13. The third-order valence-corrected chi connectivity index (χ3v) is 2.85. The molecule has 0 aliphatic heterocycles. The summed E-state index contributed by atoms with van der Waals surface area (Å²) in [6, 6.07) is 4.12. The molecule has 1 aliphatic carbocycles. The molecule has 0 amide bonds. The minimum absolute atomic E-state index is 0.0410. The molecule has 1 aliphatic rings. The SMILES string of the molecule is Fc1cccc2c(NC3CC3)nc(C(F)(F)F)nc12. The lowest BCUT2D eigenvalue weighted by Crippen LogP contribution is -2.14. The van der Waals surface area contributed by atoms with Gasteiger partial charge >= 0.3 is 6.18 Å². The van der Waals surface area contributed by atoms with Crippen LogP contribution in [0.15, 0.2) is 18.2 Å². The lowest BCUT2D eigenvalue weighted by Gasteiger charge is -2.12. The van der Waals surface area contributed by atoms with Crippen LogP contribution in [0, 0.1) is 5.82 Å².